The third-order valence-electron chi connectivity index (χ3n) is 3.09. The average Bonchev–Trinajstić information content (AvgIpc) is 2.35. The van der Waals surface area contributed by atoms with Gasteiger partial charge in [-0.05, 0) is 30.9 Å². The molecule has 0 aliphatic heterocycles. The number of nitrogens with one attached hydrogen (secondary N) is 1. The van der Waals surface area contributed by atoms with Gasteiger partial charge in [0.2, 0.25) is 0 Å². The first-order chi connectivity index (χ1) is 7.72. The predicted octanol–water partition coefficient (Wildman–Crippen LogP) is 2.67. The van der Waals surface area contributed by atoms with Crippen molar-refractivity contribution in [2.24, 2.45) is 0 Å². The van der Waals surface area contributed by atoms with Crippen molar-refractivity contribution in [3.05, 3.63) is 35.4 Å². The van der Waals surface area contributed by atoms with E-state index in [-0.39, 0.29) is 12.6 Å². The largest absolute Gasteiger partial charge is 0.394 e. The normalized spacial score (nSPS) is 14.8. The maximum absolute atomic E-state index is 9.48. The number of aliphatic hydroxyl groups excluding tert-OH is 1. The van der Waals surface area contributed by atoms with Crippen LogP contribution in [0.25, 0.3) is 0 Å². The lowest BCUT2D eigenvalue weighted by atomic mass is 9.98. The van der Waals surface area contributed by atoms with Crippen LogP contribution in [0.2, 0.25) is 0 Å². The fourth-order valence-electron chi connectivity index (χ4n) is 1.90. The van der Waals surface area contributed by atoms with Crippen LogP contribution in [-0.4, -0.2) is 17.8 Å². The van der Waals surface area contributed by atoms with E-state index in [2.05, 4.69) is 44.3 Å². The average molecular weight is 221 g/mol. The second-order valence-corrected chi connectivity index (χ2v) is 4.26. The highest BCUT2D eigenvalue weighted by Gasteiger charge is 2.14. The van der Waals surface area contributed by atoms with Crippen LogP contribution >= 0.6 is 0 Å². The number of benzene rings is 1. The molecule has 0 amide bonds. The molecule has 2 N–H and O–H groups in total. The molecule has 1 aromatic rings. The van der Waals surface area contributed by atoms with Gasteiger partial charge in [0.25, 0.3) is 0 Å². The van der Waals surface area contributed by atoms with E-state index >= 15 is 0 Å². The van der Waals surface area contributed by atoms with E-state index in [9.17, 15) is 5.11 Å². The Hall–Kier alpha value is -0.860. The van der Waals surface area contributed by atoms with E-state index in [1.807, 2.05) is 6.07 Å². The van der Waals surface area contributed by atoms with E-state index in [0.717, 1.165) is 12.8 Å². The van der Waals surface area contributed by atoms with E-state index in [1.54, 1.807) is 0 Å². The first kappa shape index (κ1) is 13.2. The maximum atomic E-state index is 9.48. The van der Waals surface area contributed by atoms with Gasteiger partial charge in [0.1, 0.15) is 0 Å². The maximum Gasteiger partial charge on any atom is 0.0626 e. The van der Waals surface area contributed by atoms with Crippen molar-refractivity contribution < 1.29 is 5.11 Å². The van der Waals surface area contributed by atoms with Crippen molar-refractivity contribution >= 4 is 0 Å². The summed E-state index contributed by atoms with van der Waals surface area (Å²) in [5.41, 5.74) is 2.55. The molecule has 0 heterocycles. The summed E-state index contributed by atoms with van der Waals surface area (Å²) in [6.45, 7) is 6.60. The summed E-state index contributed by atoms with van der Waals surface area (Å²) >= 11 is 0. The van der Waals surface area contributed by atoms with Crippen LogP contribution in [0, 0.1) is 0 Å². The van der Waals surface area contributed by atoms with Gasteiger partial charge in [-0.2, -0.15) is 0 Å². The first-order valence-electron chi connectivity index (χ1n) is 6.17. The van der Waals surface area contributed by atoms with Gasteiger partial charge < -0.3 is 10.4 Å². The SMILES string of the molecule is CCc1ccccc1C(CO)NC(C)CC. The highest BCUT2D eigenvalue weighted by molar-refractivity contribution is 5.30. The van der Waals surface area contributed by atoms with Crippen LogP contribution in [0.4, 0.5) is 0 Å². The van der Waals surface area contributed by atoms with Gasteiger partial charge in [-0.1, -0.05) is 38.1 Å². The summed E-state index contributed by atoms with van der Waals surface area (Å²) in [6.07, 6.45) is 2.08. The minimum atomic E-state index is 0.0612. The molecule has 2 atom stereocenters. The molecule has 2 nitrogen and oxygen atoms in total. The van der Waals surface area contributed by atoms with Crippen LogP contribution in [0.5, 0.6) is 0 Å². The molecule has 0 bridgehead atoms. The van der Waals surface area contributed by atoms with Crippen molar-refractivity contribution in [2.45, 2.75) is 45.7 Å². The summed E-state index contributed by atoms with van der Waals surface area (Å²) in [7, 11) is 0. The van der Waals surface area contributed by atoms with Gasteiger partial charge in [-0.25, -0.2) is 0 Å². The van der Waals surface area contributed by atoms with Crippen molar-refractivity contribution in [3.63, 3.8) is 0 Å². The predicted molar refractivity (Wildman–Crippen MR) is 68.5 cm³/mol. The Balaban J connectivity index is 2.85. The highest BCUT2D eigenvalue weighted by Crippen LogP contribution is 2.19. The van der Waals surface area contributed by atoms with Gasteiger partial charge >= 0.3 is 0 Å². The quantitative estimate of drug-likeness (QED) is 0.774. The summed E-state index contributed by atoms with van der Waals surface area (Å²) in [4.78, 5) is 0. The number of aliphatic hydroxyl groups is 1. The molecule has 0 aromatic heterocycles. The molecule has 0 saturated heterocycles. The highest BCUT2D eigenvalue weighted by atomic mass is 16.3. The molecule has 0 saturated carbocycles. The van der Waals surface area contributed by atoms with Crippen LogP contribution in [0.15, 0.2) is 24.3 Å². The van der Waals surface area contributed by atoms with E-state index in [1.165, 1.54) is 11.1 Å². The second kappa shape index (κ2) is 6.66. The Morgan fingerprint density at radius 1 is 1.25 bits per heavy atom. The van der Waals surface area contributed by atoms with E-state index < -0.39 is 0 Å². The van der Waals surface area contributed by atoms with Crippen LogP contribution < -0.4 is 5.32 Å². The molecule has 1 rings (SSSR count). The third kappa shape index (κ3) is 3.32. The zero-order valence-corrected chi connectivity index (χ0v) is 10.5. The van der Waals surface area contributed by atoms with E-state index in [0.29, 0.717) is 6.04 Å². The van der Waals surface area contributed by atoms with Crippen molar-refractivity contribution in [2.75, 3.05) is 6.61 Å². The molecule has 1 aromatic carbocycles. The fraction of sp³-hybridized carbons (Fsp3) is 0.571. The summed E-state index contributed by atoms with van der Waals surface area (Å²) in [5.74, 6) is 0. The van der Waals surface area contributed by atoms with Crippen LogP contribution in [0.3, 0.4) is 0 Å². The van der Waals surface area contributed by atoms with Crippen molar-refractivity contribution in [3.8, 4) is 0 Å². The van der Waals surface area contributed by atoms with Gasteiger partial charge in [-0.15, -0.1) is 0 Å². The number of hydrogen-bond donors (Lipinski definition) is 2. The van der Waals surface area contributed by atoms with Gasteiger partial charge in [0.15, 0.2) is 0 Å². The third-order valence-corrected chi connectivity index (χ3v) is 3.09. The summed E-state index contributed by atoms with van der Waals surface area (Å²) < 4.78 is 0. The van der Waals surface area contributed by atoms with Crippen LogP contribution in [0.1, 0.15) is 44.4 Å². The Morgan fingerprint density at radius 3 is 2.50 bits per heavy atom. The molecule has 90 valence electrons. The van der Waals surface area contributed by atoms with Crippen molar-refractivity contribution in [1.29, 1.82) is 0 Å². The minimum absolute atomic E-state index is 0.0612. The Morgan fingerprint density at radius 2 is 1.94 bits per heavy atom. The molecule has 2 heteroatoms. The lowest BCUT2D eigenvalue weighted by Crippen LogP contribution is -2.32. The van der Waals surface area contributed by atoms with Gasteiger partial charge in [-0.3, -0.25) is 0 Å². The number of aryl methyl sites for hydroxylation is 1. The van der Waals surface area contributed by atoms with Crippen molar-refractivity contribution in [1.82, 2.24) is 5.32 Å². The number of rotatable bonds is 6. The molecule has 0 fully saturated rings. The lowest BCUT2D eigenvalue weighted by molar-refractivity contribution is 0.233. The summed E-state index contributed by atoms with van der Waals surface area (Å²) in [5, 5.41) is 12.9. The van der Waals surface area contributed by atoms with Gasteiger partial charge in [0.05, 0.1) is 12.6 Å². The summed E-state index contributed by atoms with van der Waals surface area (Å²) in [6, 6.07) is 8.83. The molecule has 0 aliphatic rings. The topological polar surface area (TPSA) is 32.3 Å². The number of hydrogen-bond acceptors (Lipinski definition) is 2. The van der Waals surface area contributed by atoms with Gasteiger partial charge in [0, 0.05) is 6.04 Å². The zero-order chi connectivity index (χ0) is 12.0. The minimum Gasteiger partial charge on any atom is -0.394 e. The molecule has 0 radical (unpaired) electrons. The molecule has 0 aliphatic carbocycles. The Labute approximate surface area is 98.7 Å². The molecule has 16 heavy (non-hydrogen) atoms. The molecular formula is C14H23NO. The van der Waals surface area contributed by atoms with E-state index in [4.69, 9.17) is 0 Å². The molecule has 2 unspecified atom stereocenters. The first-order valence-corrected chi connectivity index (χ1v) is 6.17. The Kier molecular flexibility index (Phi) is 5.50. The van der Waals surface area contributed by atoms with Crippen LogP contribution in [-0.2, 0) is 6.42 Å². The standard InChI is InChI=1S/C14H23NO/c1-4-11(3)15-14(10-16)13-9-7-6-8-12(13)5-2/h6-9,11,14-16H,4-5,10H2,1-3H3. The zero-order valence-electron chi connectivity index (χ0n) is 10.5. The monoisotopic (exact) mass is 221 g/mol. The lowest BCUT2D eigenvalue weighted by Gasteiger charge is -2.23. The Bertz CT molecular complexity index is 311. The molecule has 0 spiro atoms. The molecular weight excluding hydrogens is 198 g/mol. The fourth-order valence-corrected chi connectivity index (χ4v) is 1.90. The smallest absolute Gasteiger partial charge is 0.0626 e. The second-order valence-electron chi connectivity index (χ2n) is 4.26.